The van der Waals surface area contributed by atoms with Crippen molar-refractivity contribution in [3.63, 3.8) is 0 Å². The number of hydrogen-bond acceptors (Lipinski definition) is 2. The van der Waals surface area contributed by atoms with Crippen LogP contribution in [0.2, 0.25) is 0 Å². The van der Waals surface area contributed by atoms with Crippen molar-refractivity contribution in [2.45, 2.75) is 19.4 Å². The minimum Gasteiger partial charge on any atom is -0.387 e. The summed E-state index contributed by atoms with van der Waals surface area (Å²) in [5, 5.41) is 11.1. The Morgan fingerprint density at radius 3 is 2.87 bits per heavy atom. The van der Waals surface area contributed by atoms with E-state index in [4.69, 9.17) is 0 Å². The van der Waals surface area contributed by atoms with Gasteiger partial charge in [-0.1, -0.05) is 23.8 Å². The molecule has 2 heteroatoms. The normalized spacial score (nSPS) is 12.9. The van der Waals surface area contributed by atoms with E-state index in [0.717, 1.165) is 10.5 Å². The molecular formula is C13H14OS. The molecule has 1 atom stereocenters. The molecule has 0 aliphatic carbocycles. The van der Waals surface area contributed by atoms with E-state index in [1.54, 1.807) is 11.3 Å². The van der Waals surface area contributed by atoms with Gasteiger partial charge in [-0.25, -0.2) is 0 Å². The quantitative estimate of drug-likeness (QED) is 0.775. The van der Waals surface area contributed by atoms with E-state index >= 15 is 0 Å². The summed E-state index contributed by atoms with van der Waals surface area (Å²) in [6.45, 7) is 5.76. The minimum absolute atomic E-state index is 0.403. The maximum absolute atomic E-state index is 9.94. The number of rotatable bonds is 3. The molecule has 1 aromatic heterocycles. The molecule has 0 spiro atoms. The molecule has 15 heavy (non-hydrogen) atoms. The first-order valence-corrected chi connectivity index (χ1v) is 5.79. The highest BCUT2D eigenvalue weighted by molar-refractivity contribution is 7.19. The summed E-state index contributed by atoms with van der Waals surface area (Å²) in [7, 11) is 0. The molecule has 0 saturated heterocycles. The lowest BCUT2D eigenvalue weighted by atomic mass is 10.1. The molecule has 2 aromatic rings. The highest BCUT2D eigenvalue weighted by Crippen LogP contribution is 2.32. The fraction of sp³-hybridized carbons (Fsp3) is 0.231. The van der Waals surface area contributed by atoms with E-state index in [1.165, 1.54) is 10.1 Å². The van der Waals surface area contributed by atoms with Gasteiger partial charge in [0.1, 0.15) is 0 Å². The van der Waals surface area contributed by atoms with Crippen molar-refractivity contribution in [2.24, 2.45) is 0 Å². The fourth-order valence-corrected chi connectivity index (χ4v) is 2.65. The van der Waals surface area contributed by atoms with Crippen molar-refractivity contribution in [1.29, 1.82) is 0 Å². The molecule has 0 unspecified atom stereocenters. The predicted octanol–water partition coefficient (Wildman–Crippen LogP) is 3.90. The van der Waals surface area contributed by atoms with Gasteiger partial charge in [-0.15, -0.1) is 17.9 Å². The molecule has 0 fully saturated rings. The van der Waals surface area contributed by atoms with Crippen LogP contribution in [0.3, 0.4) is 0 Å². The van der Waals surface area contributed by atoms with E-state index in [-0.39, 0.29) is 0 Å². The number of benzene rings is 1. The van der Waals surface area contributed by atoms with Crippen LogP contribution >= 0.6 is 11.3 Å². The van der Waals surface area contributed by atoms with Crippen molar-refractivity contribution >= 4 is 21.4 Å². The molecule has 0 aliphatic rings. The van der Waals surface area contributed by atoms with Gasteiger partial charge in [-0.2, -0.15) is 0 Å². The number of hydrogen-bond donors (Lipinski definition) is 1. The number of aliphatic hydroxyl groups excluding tert-OH is 1. The van der Waals surface area contributed by atoms with Crippen molar-refractivity contribution in [2.75, 3.05) is 0 Å². The van der Waals surface area contributed by atoms with Crippen LogP contribution in [0.4, 0.5) is 0 Å². The van der Waals surface area contributed by atoms with Crippen LogP contribution in [0.5, 0.6) is 0 Å². The number of thiophene rings is 1. The van der Waals surface area contributed by atoms with Gasteiger partial charge in [0, 0.05) is 9.58 Å². The molecular weight excluding hydrogens is 204 g/mol. The second-order valence-corrected chi connectivity index (χ2v) is 4.98. The van der Waals surface area contributed by atoms with Crippen LogP contribution in [0.15, 0.2) is 42.5 Å². The Labute approximate surface area is 93.7 Å². The van der Waals surface area contributed by atoms with Crippen molar-refractivity contribution in [3.8, 4) is 0 Å². The predicted molar refractivity (Wildman–Crippen MR) is 66.2 cm³/mol. The summed E-state index contributed by atoms with van der Waals surface area (Å²) in [5.41, 5.74) is 1.01. The molecule has 0 bridgehead atoms. The summed E-state index contributed by atoms with van der Waals surface area (Å²) < 4.78 is 1.23. The Balaban J connectivity index is 2.32. The average Bonchev–Trinajstić information content (AvgIpc) is 2.59. The first-order chi connectivity index (χ1) is 7.16. The van der Waals surface area contributed by atoms with Crippen molar-refractivity contribution in [3.05, 3.63) is 47.4 Å². The molecule has 0 aliphatic heterocycles. The molecule has 0 amide bonds. The smallest absolute Gasteiger partial charge is 0.0919 e. The molecule has 1 aromatic carbocycles. The molecule has 78 valence electrons. The Hall–Kier alpha value is -1.12. The molecule has 1 nitrogen and oxygen atoms in total. The zero-order valence-corrected chi connectivity index (χ0v) is 9.55. The first kappa shape index (κ1) is 10.4. The van der Waals surface area contributed by atoms with Crippen molar-refractivity contribution < 1.29 is 5.11 Å². The largest absolute Gasteiger partial charge is 0.387 e. The van der Waals surface area contributed by atoms with Crippen LogP contribution in [-0.2, 0) is 0 Å². The summed E-state index contributed by atoms with van der Waals surface area (Å²) in [6.07, 6.45) is 0.243. The monoisotopic (exact) mass is 218 g/mol. The Morgan fingerprint density at radius 2 is 2.20 bits per heavy atom. The van der Waals surface area contributed by atoms with E-state index < -0.39 is 6.10 Å². The summed E-state index contributed by atoms with van der Waals surface area (Å²) in [5.74, 6) is 0. The van der Waals surface area contributed by atoms with E-state index in [1.807, 2.05) is 19.1 Å². The summed E-state index contributed by atoms with van der Waals surface area (Å²) in [4.78, 5) is 1.03. The Bertz CT molecular complexity index is 451. The molecule has 1 N–H and O–H groups in total. The summed E-state index contributed by atoms with van der Waals surface area (Å²) >= 11 is 1.66. The highest BCUT2D eigenvalue weighted by atomic mass is 32.1. The zero-order valence-electron chi connectivity index (χ0n) is 8.73. The minimum atomic E-state index is -0.403. The van der Waals surface area contributed by atoms with E-state index in [2.05, 4.69) is 24.8 Å². The molecule has 2 rings (SSSR count). The lowest BCUT2D eigenvalue weighted by Crippen LogP contribution is -1.93. The Morgan fingerprint density at radius 1 is 1.47 bits per heavy atom. The second kappa shape index (κ2) is 4.17. The lowest BCUT2D eigenvalue weighted by molar-refractivity contribution is 0.182. The Kier molecular flexibility index (Phi) is 2.89. The number of aliphatic hydroxyl groups is 1. The molecule has 0 radical (unpaired) electrons. The van der Waals surface area contributed by atoms with Gasteiger partial charge in [0.05, 0.1) is 6.10 Å². The third-order valence-corrected chi connectivity index (χ3v) is 3.53. The van der Waals surface area contributed by atoms with Crippen LogP contribution in [0, 0.1) is 0 Å². The fourth-order valence-electron chi connectivity index (χ4n) is 1.60. The van der Waals surface area contributed by atoms with Gasteiger partial charge in [0.2, 0.25) is 0 Å². The second-order valence-electron chi connectivity index (χ2n) is 3.86. The van der Waals surface area contributed by atoms with Crippen LogP contribution in [0.25, 0.3) is 10.1 Å². The standard InChI is InChI=1S/C13H14OS/c1-9(2)7-11(14)13-8-10-5-3-4-6-12(10)15-13/h3-6,8,11,14H,1,7H2,2H3/t11-/m1/s1. The van der Waals surface area contributed by atoms with Gasteiger partial charge in [0.25, 0.3) is 0 Å². The van der Waals surface area contributed by atoms with Crippen molar-refractivity contribution in [1.82, 2.24) is 0 Å². The van der Waals surface area contributed by atoms with Gasteiger partial charge in [0.15, 0.2) is 0 Å². The number of fused-ring (bicyclic) bond motifs is 1. The van der Waals surface area contributed by atoms with Crippen LogP contribution < -0.4 is 0 Å². The van der Waals surface area contributed by atoms with Crippen LogP contribution in [0.1, 0.15) is 24.3 Å². The van der Waals surface area contributed by atoms with Gasteiger partial charge in [-0.3, -0.25) is 0 Å². The maximum Gasteiger partial charge on any atom is 0.0919 e. The third kappa shape index (κ3) is 2.28. The van der Waals surface area contributed by atoms with Crippen LogP contribution in [-0.4, -0.2) is 5.11 Å². The lowest BCUT2D eigenvalue weighted by Gasteiger charge is -2.06. The third-order valence-electron chi connectivity index (χ3n) is 2.31. The topological polar surface area (TPSA) is 20.2 Å². The first-order valence-electron chi connectivity index (χ1n) is 4.98. The van der Waals surface area contributed by atoms with Gasteiger partial charge < -0.3 is 5.11 Å². The average molecular weight is 218 g/mol. The maximum atomic E-state index is 9.94. The van der Waals surface area contributed by atoms with E-state index in [0.29, 0.717) is 6.42 Å². The highest BCUT2D eigenvalue weighted by Gasteiger charge is 2.10. The van der Waals surface area contributed by atoms with Gasteiger partial charge >= 0.3 is 0 Å². The van der Waals surface area contributed by atoms with Gasteiger partial charge in [-0.05, 0) is 30.9 Å². The molecule has 0 saturated carbocycles. The summed E-state index contributed by atoms with van der Waals surface area (Å²) in [6, 6.07) is 10.3. The van der Waals surface area contributed by atoms with E-state index in [9.17, 15) is 5.11 Å². The zero-order chi connectivity index (χ0) is 10.8. The SMILES string of the molecule is C=C(C)C[C@@H](O)c1cc2ccccc2s1. The molecule has 1 heterocycles.